The van der Waals surface area contributed by atoms with E-state index < -0.39 is 0 Å². The average molecular weight is 294 g/mol. The summed E-state index contributed by atoms with van der Waals surface area (Å²) >= 11 is 0. The molecule has 0 aliphatic carbocycles. The van der Waals surface area contributed by atoms with Crippen molar-refractivity contribution in [1.29, 1.82) is 5.26 Å². The van der Waals surface area contributed by atoms with E-state index in [0.29, 0.717) is 11.4 Å². The van der Waals surface area contributed by atoms with Crippen LogP contribution in [0.15, 0.2) is 42.5 Å². The maximum absolute atomic E-state index is 9.24. The molecular formula is C18H22N4. The van der Waals surface area contributed by atoms with Gasteiger partial charge in [0, 0.05) is 18.7 Å². The Labute approximate surface area is 132 Å². The topological polar surface area (TPSA) is 52.0 Å². The minimum atomic E-state index is 0.583. The van der Waals surface area contributed by atoms with Gasteiger partial charge < -0.3 is 10.2 Å². The fourth-order valence-corrected chi connectivity index (χ4v) is 2.33. The molecule has 0 aliphatic heterocycles. The third-order valence-electron chi connectivity index (χ3n) is 3.70. The lowest BCUT2D eigenvalue weighted by molar-refractivity contribution is 0.316. The van der Waals surface area contributed by atoms with E-state index in [1.54, 1.807) is 0 Å². The largest absolute Gasteiger partial charge is 0.368 e. The van der Waals surface area contributed by atoms with E-state index in [1.807, 2.05) is 42.5 Å². The summed E-state index contributed by atoms with van der Waals surface area (Å²) in [6.45, 7) is 8.08. The van der Waals surface area contributed by atoms with Crippen LogP contribution in [0.5, 0.6) is 0 Å². The van der Waals surface area contributed by atoms with Crippen molar-refractivity contribution >= 4 is 5.82 Å². The first-order chi connectivity index (χ1) is 10.8. The van der Waals surface area contributed by atoms with Crippen LogP contribution in [0.1, 0.15) is 19.4 Å². The van der Waals surface area contributed by atoms with Crippen LogP contribution >= 0.6 is 0 Å². The van der Waals surface area contributed by atoms with Crippen LogP contribution < -0.4 is 5.32 Å². The number of rotatable bonds is 7. The van der Waals surface area contributed by atoms with E-state index >= 15 is 0 Å². The number of likely N-dealkylation sites (N-methyl/N-ethyl adjacent to an activating group) is 1. The molecule has 1 N–H and O–H groups in total. The van der Waals surface area contributed by atoms with Crippen LogP contribution in [0, 0.1) is 11.3 Å². The van der Waals surface area contributed by atoms with Crippen molar-refractivity contribution in [2.75, 3.05) is 31.5 Å². The van der Waals surface area contributed by atoms with E-state index in [4.69, 9.17) is 0 Å². The lowest BCUT2D eigenvalue weighted by atomic mass is 10.1. The fourth-order valence-electron chi connectivity index (χ4n) is 2.33. The lowest BCUT2D eigenvalue weighted by Crippen LogP contribution is -2.28. The minimum absolute atomic E-state index is 0.583. The van der Waals surface area contributed by atoms with Crippen molar-refractivity contribution in [3.8, 4) is 17.3 Å². The number of hydrogen-bond donors (Lipinski definition) is 1. The van der Waals surface area contributed by atoms with Crippen molar-refractivity contribution in [3.05, 3.63) is 48.0 Å². The van der Waals surface area contributed by atoms with E-state index in [9.17, 15) is 5.26 Å². The molecule has 2 rings (SSSR count). The Hall–Kier alpha value is -2.38. The maximum atomic E-state index is 9.24. The van der Waals surface area contributed by atoms with Crippen LogP contribution in [-0.2, 0) is 0 Å². The van der Waals surface area contributed by atoms with Gasteiger partial charge in [-0.15, -0.1) is 0 Å². The zero-order chi connectivity index (χ0) is 15.8. The van der Waals surface area contributed by atoms with E-state index in [1.165, 1.54) is 0 Å². The smallest absolute Gasteiger partial charge is 0.144 e. The monoisotopic (exact) mass is 294 g/mol. The summed E-state index contributed by atoms with van der Waals surface area (Å²) < 4.78 is 0. The highest BCUT2D eigenvalue weighted by Gasteiger charge is 2.07. The second-order valence-electron chi connectivity index (χ2n) is 5.02. The summed E-state index contributed by atoms with van der Waals surface area (Å²) in [7, 11) is 0. The summed E-state index contributed by atoms with van der Waals surface area (Å²) in [5.41, 5.74) is 2.52. The van der Waals surface area contributed by atoms with Crippen molar-refractivity contribution in [3.63, 3.8) is 0 Å². The number of pyridine rings is 1. The molecule has 0 amide bonds. The minimum Gasteiger partial charge on any atom is -0.368 e. The van der Waals surface area contributed by atoms with Gasteiger partial charge in [0.2, 0.25) is 0 Å². The molecule has 114 valence electrons. The number of nitrogens with one attached hydrogen (secondary N) is 1. The van der Waals surface area contributed by atoms with Gasteiger partial charge in [0.1, 0.15) is 11.9 Å². The molecule has 4 heteroatoms. The Bertz CT molecular complexity index is 627. The highest BCUT2D eigenvalue weighted by molar-refractivity contribution is 5.64. The van der Waals surface area contributed by atoms with Crippen LogP contribution in [0.25, 0.3) is 11.3 Å². The van der Waals surface area contributed by atoms with E-state index in [2.05, 4.69) is 35.1 Å². The predicted molar refractivity (Wildman–Crippen MR) is 90.7 cm³/mol. The van der Waals surface area contributed by atoms with Crippen LogP contribution in [0.2, 0.25) is 0 Å². The predicted octanol–water partition coefficient (Wildman–Crippen LogP) is 3.37. The maximum Gasteiger partial charge on any atom is 0.144 e. The molecule has 0 aliphatic rings. The van der Waals surface area contributed by atoms with Crippen LogP contribution in [-0.4, -0.2) is 36.1 Å². The number of nitriles is 1. The molecule has 1 aromatic carbocycles. The fraction of sp³-hybridized carbons (Fsp3) is 0.333. The summed E-state index contributed by atoms with van der Waals surface area (Å²) in [5, 5.41) is 12.5. The molecule has 1 aromatic heterocycles. The summed E-state index contributed by atoms with van der Waals surface area (Å²) in [5.74, 6) is 0.663. The first-order valence-electron chi connectivity index (χ1n) is 7.71. The number of benzene rings is 1. The third-order valence-corrected chi connectivity index (χ3v) is 3.70. The van der Waals surface area contributed by atoms with Crippen molar-refractivity contribution in [2.45, 2.75) is 13.8 Å². The molecule has 0 radical (unpaired) electrons. The van der Waals surface area contributed by atoms with Crippen LogP contribution in [0.4, 0.5) is 5.82 Å². The zero-order valence-electron chi connectivity index (χ0n) is 13.2. The van der Waals surface area contributed by atoms with E-state index in [-0.39, 0.29) is 0 Å². The molecule has 0 saturated heterocycles. The third kappa shape index (κ3) is 4.06. The van der Waals surface area contributed by atoms with Gasteiger partial charge in [0.05, 0.1) is 11.3 Å². The van der Waals surface area contributed by atoms with Crippen molar-refractivity contribution < 1.29 is 0 Å². The first kappa shape index (κ1) is 16.0. The van der Waals surface area contributed by atoms with E-state index in [0.717, 1.165) is 37.4 Å². The SMILES string of the molecule is CCN(CC)CCNc1nc(-c2ccccc2)ccc1C#N. The molecule has 0 spiro atoms. The molecule has 0 atom stereocenters. The Morgan fingerprint density at radius 2 is 1.82 bits per heavy atom. The Morgan fingerprint density at radius 3 is 2.45 bits per heavy atom. The highest BCUT2D eigenvalue weighted by Crippen LogP contribution is 2.21. The molecular weight excluding hydrogens is 272 g/mol. The van der Waals surface area contributed by atoms with Crippen molar-refractivity contribution in [2.24, 2.45) is 0 Å². The van der Waals surface area contributed by atoms with Gasteiger partial charge in [0.15, 0.2) is 0 Å². The van der Waals surface area contributed by atoms with Crippen LogP contribution in [0.3, 0.4) is 0 Å². The number of nitrogens with zero attached hydrogens (tertiary/aromatic N) is 3. The van der Waals surface area contributed by atoms with Gasteiger partial charge in [-0.2, -0.15) is 5.26 Å². The number of aromatic nitrogens is 1. The zero-order valence-corrected chi connectivity index (χ0v) is 13.2. The van der Waals surface area contributed by atoms with Gasteiger partial charge in [0.25, 0.3) is 0 Å². The normalized spacial score (nSPS) is 10.5. The molecule has 22 heavy (non-hydrogen) atoms. The summed E-state index contributed by atoms with van der Waals surface area (Å²) in [6.07, 6.45) is 0. The van der Waals surface area contributed by atoms with Gasteiger partial charge in [-0.1, -0.05) is 44.2 Å². The molecule has 2 aromatic rings. The summed E-state index contributed by atoms with van der Waals surface area (Å²) in [6, 6.07) is 15.9. The van der Waals surface area contributed by atoms with Gasteiger partial charge in [-0.3, -0.25) is 0 Å². The molecule has 0 unspecified atom stereocenters. The standard InChI is InChI=1S/C18H22N4/c1-3-22(4-2)13-12-20-18-16(14-19)10-11-17(21-18)15-8-6-5-7-9-15/h5-11H,3-4,12-13H2,1-2H3,(H,20,21). The van der Waals surface area contributed by atoms with Gasteiger partial charge in [-0.05, 0) is 25.2 Å². The van der Waals surface area contributed by atoms with Crippen molar-refractivity contribution in [1.82, 2.24) is 9.88 Å². The Kier molecular flexibility index (Phi) is 5.93. The quantitative estimate of drug-likeness (QED) is 0.850. The summed E-state index contributed by atoms with van der Waals surface area (Å²) in [4.78, 5) is 6.94. The second-order valence-corrected chi connectivity index (χ2v) is 5.02. The number of hydrogen-bond acceptors (Lipinski definition) is 4. The number of anilines is 1. The van der Waals surface area contributed by atoms with Gasteiger partial charge >= 0.3 is 0 Å². The molecule has 1 heterocycles. The molecule has 0 saturated carbocycles. The average Bonchev–Trinajstić information content (AvgIpc) is 2.59. The molecule has 0 fully saturated rings. The molecule has 0 bridgehead atoms. The second kappa shape index (κ2) is 8.16. The van der Waals surface area contributed by atoms with Gasteiger partial charge in [-0.25, -0.2) is 4.98 Å². The molecule has 4 nitrogen and oxygen atoms in total. The first-order valence-corrected chi connectivity index (χ1v) is 7.71. The Balaban J connectivity index is 2.14. The highest BCUT2D eigenvalue weighted by atomic mass is 15.1. The Morgan fingerprint density at radius 1 is 1.09 bits per heavy atom. The lowest BCUT2D eigenvalue weighted by Gasteiger charge is -2.18.